The van der Waals surface area contributed by atoms with Crippen LogP contribution in [0.3, 0.4) is 0 Å². The minimum Gasteiger partial charge on any atom is -0.338 e. The van der Waals surface area contributed by atoms with Crippen molar-refractivity contribution in [3.05, 3.63) is 64.5 Å². The molecule has 1 N–H and O–H groups in total. The van der Waals surface area contributed by atoms with E-state index in [9.17, 15) is 4.79 Å². The Bertz CT molecular complexity index is 1000. The Balaban J connectivity index is 1.39. The van der Waals surface area contributed by atoms with Gasteiger partial charge in [0.25, 0.3) is 0 Å². The van der Waals surface area contributed by atoms with E-state index in [2.05, 4.69) is 36.3 Å². The molecule has 7 heteroatoms. The first-order valence-electron chi connectivity index (χ1n) is 9.76. The third-order valence-corrected chi connectivity index (χ3v) is 5.91. The minimum atomic E-state index is -0.0605. The maximum Gasteiger partial charge on any atom is 0.241 e. The highest BCUT2D eigenvalue weighted by Gasteiger charge is 2.27. The number of nitrogens with one attached hydrogen (secondary N) is 1. The maximum atomic E-state index is 12.7. The molecule has 2 heterocycles. The third-order valence-electron chi connectivity index (χ3n) is 5.22. The van der Waals surface area contributed by atoms with Gasteiger partial charge in [0.2, 0.25) is 17.6 Å². The van der Waals surface area contributed by atoms with Gasteiger partial charge in [-0.2, -0.15) is 4.98 Å². The average molecular weight is 455 g/mol. The van der Waals surface area contributed by atoms with Crippen LogP contribution >= 0.6 is 15.9 Å². The highest BCUT2D eigenvalue weighted by Crippen LogP contribution is 2.25. The summed E-state index contributed by atoms with van der Waals surface area (Å²) in [6, 6.07) is 15.6. The lowest BCUT2D eigenvalue weighted by molar-refractivity contribution is -0.121. The number of anilines is 1. The van der Waals surface area contributed by atoms with Gasteiger partial charge in [0.1, 0.15) is 0 Å². The van der Waals surface area contributed by atoms with Crippen LogP contribution in [-0.2, 0) is 11.3 Å². The van der Waals surface area contributed by atoms with Crippen LogP contribution in [0, 0.1) is 12.8 Å². The number of aromatic nitrogens is 2. The van der Waals surface area contributed by atoms with Gasteiger partial charge in [0, 0.05) is 16.6 Å². The van der Waals surface area contributed by atoms with E-state index >= 15 is 0 Å². The van der Waals surface area contributed by atoms with Crippen LogP contribution in [0.4, 0.5) is 5.69 Å². The first kappa shape index (κ1) is 19.8. The standard InChI is InChI=1S/C22H23BrN4O2/c1-15-7-2-3-9-17(15)21-25-20(29-26-21)14-27-12-6-8-16(13-27)22(28)24-19-11-5-4-10-18(19)23/h2-5,7,9-11,16H,6,8,12-14H2,1H3,(H,24,28). The summed E-state index contributed by atoms with van der Waals surface area (Å²) in [7, 11) is 0. The van der Waals surface area contributed by atoms with E-state index in [0.717, 1.165) is 40.7 Å². The van der Waals surface area contributed by atoms with Crippen molar-refractivity contribution in [3.63, 3.8) is 0 Å². The Morgan fingerprint density at radius 3 is 2.86 bits per heavy atom. The van der Waals surface area contributed by atoms with E-state index in [1.165, 1.54) is 0 Å². The second-order valence-corrected chi connectivity index (χ2v) is 8.22. The number of carbonyl (C=O) groups excluding carboxylic acids is 1. The van der Waals surface area contributed by atoms with Gasteiger partial charge in [-0.1, -0.05) is 41.6 Å². The van der Waals surface area contributed by atoms with Gasteiger partial charge in [-0.15, -0.1) is 0 Å². The largest absolute Gasteiger partial charge is 0.338 e. The Kier molecular flexibility index (Phi) is 6.06. The molecule has 1 aliphatic heterocycles. The Hall–Kier alpha value is -2.51. The van der Waals surface area contributed by atoms with Gasteiger partial charge in [-0.25, -0.2) is 0 Å². The molecule has 1 atom stereocenters. The Morgan fingerprint density at radius 1 is 1.24 bits per heavy atom. The van der Waals surface area contributed by atoms with Crippen molar-refractivity contribution in [2.75, 3.05) is 18.4 Å². The molecule has 1 unspecified atom stereocenters. The SMILES string of the molecule is Cc1ccccc1-c1noc(CN2CCCC(C(=O)Nc3ccccc3Br)C2)n1. The van der Waals surface area contributed by atoms with E-state index in [0.29, 0.717) is 24.8 Å². The lowest BCUT2D eigenvalue weighted by Gasteiger charge is -2.30. The van der Waals surface area contributed by atoms with Crippen molar-refractivity contribution < 1.29 is 9.32 Å². The van der Waals surface area contributed by atoms with Crippen LogP contribution in [0.25, 0.3) is 11.4 Å². The quantitative estimate of drug-likeness (QED) is 0.606. The summed E-state index contributed by atoms with van der Waals surface area (Å²) in [5.74, 6) is 1.18. The van der Waals surface area contributed by atoms with Crippen LogP contribution < -0.4 is 5.32 Å². The number of hydrogen-bond donors (Lipinski definition) is 1. The number of benzene rings is 2. The number of nitrogens with zero attached hydrogens (tertiary/aromatic N) is 3. The number of para-hydroxylation sites is 1. The lowest BCUT2D eigenvalue weighted by atomic mass is 9.97. The monoisotopic (exact) mass is 454 g/mol. The minimum absolute atomic E-state index is 0.0488. The second-order valence-electron chi connectivity index (χ2n) is 7.37. The zero-order chi connectivity index (χ0) is 20.2. The molecular weight excluding hydrogens is 432 g/mol. The third kappa shape index (κ3) is 4.74. The van der Waals surface area contributed by atoms with Crippen LogP contribution in [0.15, 0.2) is 57.5 Å². The van der Waals surface area contributed by atoms with Crippen molar-refractivity contribution in [2.24, 2.45) is 5.92 Å². The van der Waals surface area contributed by atoms with Crippen LogP contribution in [0.5, 0.6) is 0 Å². The summed E-state index contributed by atoms with van der Waals surface area (Å²) in [4.78, 5) is 19.5. The predicted octanol–water partition coefficient (Wildman–Crippen LogP) is 4.66. The van der Waals surface area contributed by atoms with Gasteiger partial charge in [0.05, 0.1) is 18.2 Å². The summed E-state index contributed by atoms with van der Waals surface area (Å²) in [6.45, 7) is 4.18. The van der Waals surface area contributed by atoms with Crippen molar-refractivity contribution in [3.8, 4) is 11.4 Å². The van der Waals surface area contributed by atoms with Gasteiger partial charge >= 0.3 is 0 Å². The zero-order valence-corrected chi connectivity index (χ0v) is 17.9. The molecule has 3 aromatic rings. The zero-order valence-electron chi connectivity index (χ0n) is 16.3. The summed E-state index contributed by atoms with van der Waals surface area (Å²) in [6.07, 6.45) is 1.85. The first-order valence-corrected chi connectivity index (χ1v) is 10.6. The average Bonchev–Trinajstić information content (AvgIpc) is 3.18. The first-order chi connectivity index (χ1) is 14.1. The molecule has 2 aromatic carbocycles. The molecule has 150 valence electrons. The molecule has 1 aliphatic rings. The van der Waals surface area contributed by atoms with Crippen molar-refractivity contribution in [2.45, 2.75) is 26.3 Å². The fraction of sp³-hybridized carbons (Fsp3) is 0.318. The van der Waals surface area contributed by atoms with Crippen molar-refractivity contribution in [1.82, 2.24) is 15.0 Å². The number of halogens is 1. The lowest BCUT2D eigenvalue weighted by Crippen LogP contribution is -2.40. The molecule has 0 bridgehead atoms. The fourth-order valence-corrected chi connectivity index (χ4v) is 4.04. The number of likely N-dealkylation sites (tertiary alicyclic amines) is 1. The Morgan fingerprint density at radius 2 is 2.03 bits per heavy atom. The summed E-state index contributed by atoms with van der Waals surface area (Å²) in [5, 5.41) is 7.17. The van der Waals surface area contributed by atoms with E-state index in [1.807, 2.05) is 55.5 Å². The molecule has 1 saturated heterocycles. The molecule has 4 rings (SSSR count). The van der Waals surface area contributed by atoms with E-state index in [4.69, 9.17) is 4.52 Å². The smallest absolute Gasteiger partial charge is 0.241 e. The second kappa shape index (κ2) is 8.88. The highest BCUT2D eigenvalue weighted by atomic mass is 79.9. The van der Waals surface area contributed by atoms with Gasteiger partial charge in [0.15, 0.2) is 0 Å². The highest BCUT2D eigenvalue weighted by molar-refractivity contribution is 9.10. The predicted molar refractivity (Wildman–Crippen MR) is 115 cm³/mol. The Labute approximate surface area is 178 Å². The van der Waals surface area contributed by atoms with Gasteiger partial charge < -0.3 is 9.84 Å². The molecular formula is C22H23BrN4O2. The molecule has 6 nitrogen and oxygen atoms in total. The maximum absolute atomic E-state index is 12.7. The molecule has 1 fully saturated rings. The number of piperidine rings is 1. The molecule has 0 spiro atoms. The number of hydrogen-bond acceptors (Lipinski definition) is 5. The molecule has 1 amide bonds. The summed E-state index contributed by atoms with van der Waals surface area (Å²) in [5.41, 5.74) is 2.89. The summed E-state index contributed by atoms with van der Waals surface area (Å²) >= 11 is 3.48. The molecule has 29 heavy (non-hydrogen) atoms. The molecule has 1 aromatic heterocycles. The fourth-order valence-electron chi connectivity index (χ4n) is 3.65. The summed E-state index contributed by atoms with van der Waals surface area (Å²) < 4.78 is 6.36. The van der Waals surface area contributed by atoms with E-state index < -0.39 is 0 Å². The molecule has 0 aliphatic carbocycles. The van der Waals surface area contributed by atoms with Crippen LogP contribution in [0.2, 0.25) is 0 Å². The van der Waals surface area contributed by atoms with Gasteiger partial charge in [-0.05, 0) is 59.9 Å². The number of amides is 1. The van der Waals surface area contributed by atoms with Crippen molar-refractivity contribution in [1.29, 1.82) is 0 Å². The molecule has 0 saturated carbocycles. The normalized spacial score (nSPS) is 17.2. The van der Waals surface area contributed by atoms with E-state index in [-0.39, 0.29) is 11.8 Å². The van der Waals surface area contributed by atoms with E-state index in [1.54, 1.807) is 0 Å². The number of rotatable bonds is 5. The van der Waals surface area contributed by atoms with Gasteiger partial charge in [-0.3, -0.25) is 9.69 Å². The van der Waals surface area contributed by atoms with Crippen LogP contribution in [0.1, 0.15) is 24.3 Å². The topological polar surface area (TPSA) is 71.3 Å². The van der Waals surface area contributed by atoms with Crippen LogP contribution in [-0.4, -0.2) is 34.0 Å². The number of carbonyl (C=O) groups is 1. The molecule has 0 radical (unpaired) electrons. The van der Waals surface area contributed by atoms with Crippen molar-refractivity contribution >= 4 is 27.5 Å². The number of aryl methyl sites for hydroxylation is 1.